The number of carbonyl (C=O) groups excluding carboxylic acids is 1. The van der Waals surface area contributed by atoms with E-state index in [1.807, 2.05) is 13.0 Å². The molecule has 2 fully saturated rings. The Bertz CT molecular complexity index is 877. The average molecular weight is 363 g/mol. The summed E-state index contributed by atoms with van der Waals surface area (Å²) in [6.07, 6.45) is 1.33. The number of benzene rings is 1. The van der Waals surface area contributed by atoms with Crippen molar-refractivity contribution in [2.45, 2.75) is 37.8 Å². The van der Waals surface area contributed by atoms with Gasteiger partial charge in [-0.2, -0.15) is 15.8 Å². The first-order valence-corrected chi connectivity index (χ1v) is 8.87. The van der Waals surface area contributed by atoms with Gasteiger partial charge in [0.25, 0.3) is 0 Å². The van der Waals surface area contributed by atoms with Gasteiger partial charge in [0.1, 0.15) is 5.75 Å². The lowest BCUT2D eigenvalue weighted by Crippen LogP contribution is -2.62. The number of hydrogen-bond acceptors (Lipinski definition) is 6. The molecule has 0 spiro atoms. The minimum atomic E-state index is -1.83. The van der Waals surface area contributed by atoms with E-state index in [2.05, 4.69) is 17.5 Å². The molecule has 7 nitrogen and oxygen atoms in total. The molecule has 0 aromatic heterocycles. The van der Waals surface area contributed by atoms with Crippen molar-refractivity contribution in [3.63, 3.8) is 0 Å². The number of amides is 1. The van der Waals surface area contributed by atoms with E-state index in [9.17, 15) is 20.6 Å². The van der Waals surface area contributed by atoms with Crippen LogP contribution in [0.3, 0.4) is 0 Å². The molecule has 27 heavy (non-hydrogen) atoms. The number of nitrogens with zero attached hydrogens (tertiary/aromatic N) is 3. The Labute approximate surface area is 158 Å². The van der Waals surface area contributed by atoms with Crippen LogP contribution in [0.2, 0.25) is 0 Å². The van der Waals surface area contributed by atoms with E-state index in [1.54, 1.807) is 31.4 Å². The van der Waals surface area contributed by atoms with Crippen molar-refractivity contribution in [1.82, 2.24) is 5.32 Å². The Morgan fingerprint density at radius 2 is 1.85 bits per heavy atom. The molecule has 2 aliphatic rings. The number of hydrogen-bond donors (Lipinski definition) is 2. The summed E-state index contributed by atoms with van der Waals surface area (Å²) in [4.78, 5) is 12.8. The molecule has 138 valence electrons. The minimum absolute atomic E-state index is 0.0478. The highest BCUT2D eigenvalue weighted by Gasteiger charge is 2.76. The van der Waals surface area contributed by atoms with E-state index in [4.69, 9.17) is 10.5 Å². The van der Waals surface area contributed by atoms with Gasteiger partial charge in [0.15, 0.2) is 10.8 Å². The summed E-state index contributed by atoms with van der Waals surface area (Å²) in [6, 6.07) is 13.2. The van der Waals surface area contributed by atoms with Gasteiger partial charge >= 0.3 is 0 Å². The maximum Gasteiger partial charge on any atom is 0.244 e. The average Bonchev–Trinajstić information content (AvgIpc) is 2.94. The molecule has 1 aliphatic carbocycles. The highest BCUT2D eigenvalue weighted by atomic mass is 16.5. The first kappa shape index (κ1) is 18.7. The third-order valence-electron chi connectivity index (χ3n) is 6.11. The largest absolute Gasteiger partial charge is 0.497 e. The van der Waals surface area contributed by atoms with Gasteiger partial charge in [0, 0.05) is 18.3 Å². The van der Waals surface area contributed by atoms with Gasteiger partial charge < -0.3 is 15.8 Å². The van der Waals surface area contributed by atoms with E-state index in [0.717, 1.165) is 6.42 Å². The van der Waals surface area contributed by atoms with Crippen LogP contribution in [0.4, 0.5) is 0 Å². The third kappa shape index (κ3) is 2.24. The number of nitrogens with one attached hydrogen (secondary N) is 1. The Morgan fingerprint density at radius 1 is 1.22 bits per heavy atom. The molecular weight excluding hydrogens is 342 g/mol. The highest BCUT2D eigenvalue weighted by molar-refractivity contribution is 5.92. The monoisotopic (exact) mass is 363 g/mol. The number of fused-ring (bicyclic) bond motifs is 2. The van der Waals surface area contributed by atoms with Crippen molar-refractivity contribution >= 4 is 5.91 Å². The topological polar surface area (TPSA) is 136 Å². The summed E-state index contributed by atoms with van der Waals surface area (Å²) in [7, 11) is 1.55. The lowest BCUT2D eigenvalue weighted by atomic mass is 9.47. The molecule has 1 aromatic rings. The molecule has 4 atom stereocenters. The fourth-order valence-electron chi connectivity index (χ4n) is 4.85. The number of nitriles is 3. The molecule has 1 saturated heterocycles. The van der Waals surface area contributed by atoms with E-state index in [-0.39, 0.29) is 12.3 Å². The van der Waals surface area contributed by atoms with E-state index in [1.165, 1.54) is 0 Å². The van der Waals surface area contributed by atoms with Crippen LogP contribution in [0.25, 0.3) is 0 Å². The minimum Gasteiger partial charge on any atom is -0.497 e. The molecule has 7 heteroatoms. The van der Waals surface area contributed by atoms with Gasteiger partial charge in [0.2, 0.25) is 5.91 Å². The fraction of sp³-hybridized carbons (Fsp3) is 0.500. The van der Waals surface area contributed by atoms with E-state index in [0.29, 0.717) is 17.7 Å². The summed E-state index contributed by atoms with van der Waals surface area (Å²) >= 11 is 0. The molecule has 1 amide bonds. The molecular formula is C20H21N5O2. The molecule has 1 saturated carbocycles. The van der Waals surface area contributed by atoms with Gasteiger partial charge in [0.05, 0.1) is 31.0 Å². The molecule has 2 bridgehead atoms. The lowest BCUT2D eigenvalue weighted by Gasteiger charge is -2.50. The SMILES string of the molecule is CCC[C@H]1[C@H](c2ccc(OC)cc2)C(C#N)(C#N)[C@@]2(C#N)C[C@@]1(N)NC2=O. The van der Waals surface area contributed by atoms with Gasteiger partial charge in [-0.1, -0.05) is 25.5 Å². The molecule has 1 heterocycles. The van der Waals surface area contributed by atoms with Crippen molar-refractivity contribution in [2.24, 2.45) is 22.5 Å². The first-order valence-electron chi connectivity index (χ1n) is 8.87. The van der Waals surface area contributed by atoms with Crippen molar-refractivity contribution in [3.05, 3.63) is 29.8 Å². The number of nitrogens with two attached hydrogens (primary N) is 1. The van der Waals surface area contributed by atoms with Gasteiger partial charge in [-0.3, -0.25) is 4.79 Å². The number of carbonyl (C=O) groups is 1. The van der Waals surface area contributed by atoms with Crippen LogP contribution in [-0.2, 0) is 4.79 Å². The standard InChI is InChI=1S/C20H21N5O2/c1-3-4-15-16(13-5-7-14(27-2)8-6-13)19(11-22,12-23)18(10-21)9-20(15,24)25-17(18)26/h5-8,15-16H,3-4,9,24H2,1-2H3,(H,25,26)/t15-,16-,18+,20+/m0/s1. The lowest BCUT2D eigenvalue weighted by molar-refractivity contribution is -0.128. The van der Waals surface area contributed by atoms with Crippen molar-refractivity contribution in [3.8, 4) is 24.0 Å². The zero-order valence-electron chi connectivity index (χ0n) is 15.3. The zero-order valence-corrected chi connectivity index (χ0v) is 15.3. The quantitative estimate of drug-likeness (QED) is 0.839. The van der Waals surface area contributed by atoms with Crippen LogP contribution in [0.15, 0.2) is 24.3 Å². The second kappa shape index (κ2) is 6.27. The van der Waals surface area contributed by atoms with Crippen LogP contribution in [0.1, 0.15) is 37.7 Å². The van der Waals surface area contributed by atoms with Crippen molar-refractivity contribution < 1.29 is 9.53 Å². The van der Waals surface area contributed by atoms with Crippen LogP contribution >= 0.6 is 0 Å². The zero-order chi connectivity index (χ0) is 19.9. The number of methoxy groups -OCH3 is 1. The molecule has 3 N–H and O–H groups in total. The van der Waals surface area contributed by atoms with Crippen molar-refractivity contribution in [1.29, 1.82) is 15.8 Å². The summed E-state index contributed by atoms with van der Waals surface area (Å²) in [5.74, 6) is -1.04. The molecule has 3 rings (SSSR count). The summed E-state index contributed by atoms with van der Waals surface area (Å²) in [5, 5.41) is 32.9. The Morgan fingerprint density at radius 3 is 2.33 bits per heavy atom. The smallest absolute Gasteiger partial charge is 0.244 e. The number of rotatable bonds is 4. The third-order valence-corrected chi connectivity index (χ3v) is 6.11. The highest BCUT2D eigenvalue weighted by Crippen LogP contribution is 2.64. The second-order valence-corrected chi connectivity index (χ2v) is 7.37. The Balaban J connectivity index is 2.31. The van der Waals surface area contributed by atoms with E-state index < -0.39 is 28.3 Å². The van der Waals surface area contributed by atoms with Crippen LogP contribution in [-0.4, -0.2) is 18.7 Å². The maximum absolute atomic E-state index is 12.8. The van der Waals surface area contributed by atoms with Crippen molar-refractivity contribution in [2.75, 3.05) is 7.11 Å². The predicted molar refractivity (Wildman–Crippen MR) is 95.5 cm³/mol. The second-order valence-electron chi connectivity index (χ2n) is 7.37. The molecule has 1 aromatic carbocycles. The summed E-state index contributed by atoms with van der Waals surface area (Å²) in [6.45, 7) is 1.98. The van der Waals surface area contributed by atoms with Gasteiger partial charge in [-0.25, -0.2) is 0 Å². The Hall–Kier alpha value is -3.08. The van der Waals surface area contributed by atoms with E-state index >= 15 is 0 Å². The van der Waals surface area contributed by atoms with Gasteiger partial charge in [-0.15, -0.1) is 0 Å². The first-order chi connectivity index (χ1) is 12.9. The summed E-state index contributed by atoms with van der Waals surface area (Å²) in [5.41, 5.74) is 2.49. The predicted octanol–water partition coefficient (Wildman–Crippen LogP) is 1.93. The number of ether oxygens (including phenoxy) is 1. The molecule has 1 aliphatic heterocycles. The molecule has 0 unspecified atom stereocenters. The van der Waals surface area contributed by atoms with Crippen LogP contribution in [0, 0.1) is 50.7 Å². The van der Waals surface area contributed by atoms with Gasteiger partial charge in [-0.05, 0) is 24.1 Å². The Kier molecular flexibility index (Phi) is 4.34. The fourth-order valence-corrected chi connectivity index (χ4v) is 4.85. The maximum atomic E-state index is 12.8. The van der Waals surface area contributed by atoms with Crippen LogP contribution in [0.5, 0.6) is 5.75 Å². The van der Waals surface area contributed by atoms with Crippen LogP contribution < -0.4 is 15.8 Å². The molecule has 0 radical (unpaired) electrons. The normalized spacial score (nSPS) is 33.3. The summed E-state index contributed by atoms with van der Waals surface area (Å²) < 4.78 is 5.19.